The molecule has 0 bridgehead atoms. The zero-order chi connectivity index (χ0) is 13.7. The molecule has 1 aliphatic heterocycles. The Balaban J connectivity index is 1.66. The minimum Gasteiger partial charge on any atom is -0.381 e. The fourth-order valence-corrected chi connectivity index (χ4v) is 3.98. The van der Waals surface area contributed by atoms with Gasteiger partial charge in [0.2, 0.25) is 0 Å². The lowest BCUT2D eigenvalue weighted by Gasteiger charge is -2.21. The average Bonchev–Trinajstić information content (AvgIpc) is 2.76. The molecule has 0 spiro atoms. The van der Waals surface area contributed by atoms with E-state index in [0.29, 0.717) is 12.2 Å². The second-order valence-corrected chi connectivity index (χ2v) is 7.66. The van der Waals surface area contributed by atoms with Crippen molar-refractivity contribution in [3.63, 3.8) is 0 Å². The van der Waals surface area contributed by atoms with Crippen LogP contribution >= 0.6 is 27.3 Å². The van der Waals surface area contributed by atoms with Gasteiger partial charge in [0.15, 0.2) is 5.78 Å². The van der Waals surface area contributed by atoms with Crippen LogP contribution in [0.25, 0.3) is 0 Å². The SMILES string of the molecule is Cc1cc(C(=O)CCCCC2CCOCC2)sc1Br. The third kappa shape index (κ3) is 4.69. The molecule has 0 amide bonds. The molecule has 1 aromatic rings. The van der Waals surface area contributed by atoms with Crippen LogP contribution < -0.4 is 0 Å². The molecule has 0 aliphatic carbocycles. The molecule has 1 fully saturated rings. The van der Waals surface area contributed by atoms with Crippen LogP contribution in [0.5, 0.6) is 0 Å². The number of halogens is 1. The van der Waals surface area contributed by atoms with E-state index in [0.717, 1.165) is 39.8 Å². The molecule has 0 radical (unpaired) electrons. The van der Waals surface area contributed by atoms with Crippen molar-refractivity contribution in [3.05, 3.63) is 20.3 Å². The minimum atomic E-state index is 0.297. The largest absolute Gasteiger partial charge is 0.381 e. The third-order valence-corrected chi connectivity index (χ3v) is 5.92. The Hall–Kier alpha value is -0.190. The van der Waals surface area contributed by atoms with Gasteiger partial charge in [0.05, 0.1) is 8.66 Å². The van der Waals surface area contributed by atoms with Crippen molar-refractivity contribution < 1.29 is 9.53 Å². The van der Waals surface area contributed by atoms with Gasteiger partial charge in [-0.05, 0) is 59.7 Å². The van der Waals surface area contributed by atoms with Crippen LogP contribution in [0, 0.1) is 12.8 Å². The van der Waals surface area contributed by atoms with E-state index in [2.05, 4.69) is 15.9 Å². The Morgan fingerprint density at radius 1 is 1.42 bits per heavy atom. The van der Waals surface area contributed by atoms with Crippen LogP contribution in [0.2, 0.25) is 0 Å². The molecule has 106 valence electrons. The van der Waals surface area contributed by atoms with Gasteiger partial charge < -0.3 is 4.74 Å². The average molecular weight is 345 g/mol. The molecule has 2 heterocycles. The van der Waals surface area contributed by atoms with Gasteiger partial charge in [-0.25, -0.2) is 0 Å². The van der Waals surface area contributed by atoms with E-state index in [9.17, 15) is 4.79 Å². The van der Waals surface area contributed by atoms with Crippen LogP contribution in [0.4, 0.5) is 0 Å². The number of hydrogen-bond acceptors (Lipinski definition) is 3. The van der Waals surface area contributed by atoms with Crippen LogP contribution in [-0.4, -0.2) is 19.0 Å². The first-order chi connectivity index (χ1) is 9.16. The van der Waals surface area contributed by atoms with Crippen LogP contribution in [0.15, 0.2) is 9.85 Å². The van der Waals surface area contributed by atoms with E-state index >= 15 is 0 Å². The van der Waals surface area contributed by atoms with E-state index < -0.39 is 0 Å². The van der Waals surface area contributed by atoms with Gasteiger partial charge in [-0.15, -0.1) is 11.3 Å². The molecule has 0 atom stereocenters. The Labute approximate surface area is 127 Å². The van der Waals surface area contributed by atoms with Gasteiger partial charge in [-0.3, -0.25) is 4.79 Å². The van der Waals surface area contributed by atoms with Gasteiger partial charge in [-0.1, -0.05) is 12.8 Å². The molecule has 0 saturated carbocycles. The highest BCUT2D eigenvalue weighted by molar-refractivity contribution is 9.11. The molecule has 2 nitrogen and oxygen atoms in total. The number of unbranched alkanes of at least 4 members (excludes halogenated alkanes) is 1. The summed E-state index contributed by atoms with van der Waals surface area (Å²) in [7, 11) is 0. The van der Waals surface area contributed by atoms with Crippen molar-refractivity contribution in [1.29, 1.82) is 0 Å². The summed E-state index contributed by atoms with van der Waals surface area (Å²) in [5.41, 5.74) is 1.16. The van der Waals surface area contributed by atoms with E-state index in [4.69, 9.17) is 4.74 Å². The van der Waals surface area contributed by atoms with Gasteiger partial charge in [0, 0.05) is 19.6 Å². The monoisotopic (exact) mass is 344 g/mol. The van der Waals surface area contributed by atoms with Crippen molar-refractivity contribution in [2.75, 3.05) is 13.2 Å². The fourth-order valence-electron chi connectivity index (χ4n) is 2.47. The van der Waals surface area contributed by atoms with Crippen molar-refractivity contribution in [2.45, 2.75) is 45.4 Å². The number of ether oxygens (including phenoxy) is 1. The third-order valence-electron chi connectivity index (χ3n) is 3.74. The van der Waals surface area contributed by atoms with Crippen LogP contribution in [0.1, 0.15) is 53.8 Å². The number of aryl methyl sites for hydroxylation is 1. The number of ketones is 1. The second-order valence-electron chi connectivity index (χ2n) is 5.29. The molecule has 0 aromatic carbocycles. The van der Waals surface area contributed by atoms with E-state index in [1.165, 1.54) is 25.7 Å². The summed E-state index contributed by atoms with van der Waals surface area (Å²) in [6.07, 6.45) is 6.53. The standard InChI is InChI=1S/C15H21BrO2S/c1-11-10-14(19-15(11)16)13(17)5-3-2-4-12-6-8-18-9-7-12/h10,12H,2-9H2,1H3. The topological polar surface area (TPSA) is 26.3 Å². The smallest absolute Gasteiger partial charge is 0.172 e. The maximum Gasteiger partial charge on any atom is 0.172 e. The summed E-state index contributed by atoms with van der Waals surface area (Å²) in [4.78, 5) is 12.9. The predicted molar refractivity (Wildman–Crippen MR) is 83.1 cm³/mol. The van der Waals surface area contributed by atoms with Crippen molar-refractivity contribution in [1.82, 2.24) is 0 Å². The first-order valence-electron chi connectivity index (χ1n) is 7.03. The Morgan fingerprint density at radius 3 is 2.79 bits per heavy atom. The van der Waals surface area contributed by atoms with Crippen LogP contribution in [-0.2, 0) is 4.74 Å². The Kier molecular flexibility index (Phi) is 6.05. The molecule has 19 heavy (non-hydrogen) atoms. The number of carbonyl (C=O) groups is 1. The number of hydrogen-bond donors (Lipinski definition) is 0. The number of rotatable bonds is 6. The summed E-state index contributed by atoms with van der Waals surface area (Å²) in [5, 5.41) is 0. The van der Waals surface area contributed by atoms with Crippen molar-refractivity contribution in [2.24, 2.45) is 5.92 Å². The second kappa shape index (κ2) is 7.55. The molecule has 4 heteroatoms. The molecular formula is C15H21BrO2S. The zero-order valence-electron chi connectivity index (χ0n) is 11.4. The molecule has 2 rings (SSSR count). The normalized spacial score (nSPS) is 16.7. The quantitative estimate of drug-likeness (QED) is 0.536. The number of carbonyl (C=O) groups excluding carboxylic acids is 1. The first-order valence-corrected chi connectivity index (χ1v) is 8.64. The van der Waals surface area contributed by atoms with Crippen molar-refractivity contribution in [3.8, 4) is 0 Å². The lowest BCUT2D eigenvalue weighted by Crippen LogP contribution is -2.15. The van der Waals surface area contributed by atoms with Gasteiger partial charge >= 0.3 is 0 Å². The van der Waals surface area contributed by atoms with Gasteiger partial charge in [0.1, 0.15) is 0 Å². The number of thiophene rings is 1. The molecule has 1 aromatic heterocycles. The maximum absolute atomic E-state index is 12.0. The van der Waals surface area contributed by atoms with Gasteiger partial charge in [0.25, 0.3) is 0 Å². The lowest BCUT2D eigenvalue weighted by atomic mass is 9.93. The highest BCUT2D eigenvalue weighted by Gasteiger charge is 2.14. The van der Waals surface area contributed by atoms with E-state index in [1.807, 2.05) is 13.0 Å². The molecule has 0 unspecified atom stereocenters. The number of Topliss-reactive ketones (excluding diaryl/α,β-unsaturated/α-hetero) is 1. The zero-order valence-corrected chi connectivity index (χ0v) is 13.8. The molecular weight excluding hydrogens is 324 g/mol. The Morgan fingerprint density at radius 2 is 2.16 bits per heavy atom. The lowest BCUT2D eigenvalue weighted by molar-refractivity contribution is 0.0630. The highest BCUT2D eigenvalue weighted by Crippen LogP contribution is 2.29. The van der Waals surface area contributed by atoms with Crippen molar-refractivity contribution >= 4 is 33.0 Å². The van der Waals surface area contributed by atoms with E-state index in [1.54, 1.807) is 11.3 Å². The predicted octanol–water partition coefficient (Wildman–Crippen LogP) is 4.99. The highest BCUT2D eigenvalue weighted by atomic mass is 79.9. The summed E-state index contributed by atoms with van der Waals surface area (Å²) < 4.78 is 6.44. The summed E-state index contributed by atoms with van der Waals surface area (Å²) >= 11 is 5.03. The summed E-state index contributed by atoms with van der Waals surface area (Å²) in [6, 6.07) is 2.00. The Bertz CT molecular complexity index is 402. The van der Waals surface area contributed by atoms with Crippen LogP contribution in [0.3, 0.4) is 0 Å². The molecule has 0 N–H and O–H groups in total. The minimum absolute atomic E-state index is 0.297. The maximum atomic E-state index is 12.0. The van der Waals surface area contributed by atoms with E-state index in [-0.39, 0.29) is 0 Å². The summed E-state index contributed by atoms with van der Waals surface area (Å²) in [5.74, 6) is 1.12. The molecule has 1 aliphatic rings. The van der Waals surface area contributed by atoms with Gasteiger partial charge in [-0.2, -0.15) is 0 Å². The summed E-state index contributed by atoms with van der Waals surface area (Å²) in [6.45, 7) is 3.88. The molecule has 1 saturated heterocycles. The fraction of sp³-hybridized carbons (Fsp3) is 0.667. The first kappa shape index (κ1) is 15.2.